The predicted octanol–water partition coefficient (Wildman–Crippen LogP) is 4.00. The molecule has 0 aliphatic carbocycles. The van der Waals surface area contributed by atoms with Gasteiger partial charge >= 0.3 is 11.9 Å². The highest BCUT2D eigenvalue weighted by molar-refractivity contribution is 6.13. The number of ketones is 1. The van der Waals surface area contributed by atoms with Crippen LogP contribution in [0.5, 0.6) is 0 Å². The Kier molecular flexibility index (Phi) is 11.8. The fraction of sp³-hybridized carbons (Fsp3) is 0.375. The van der Waals surface area contributed by atoms with Crippen molar-refractivity contribution >= 4 is 17.7 Å². The van der Waals surface area contributed by atoms with E-state index in [0.717, 1.165) is 13.2 Å². The Morgan fingerprint density at radius 3 is 1.81 bits per heavy atom. The standard InChI is InChI=1S/C20H20O6.C4H10O/c1-3-25-19(23)15-12-8-11-14(16(15)20(24)26-4-2)18(22)17(21)13-9-6-5-7-10-13;1-3-5-4-2/h5-12,17,21H,3-4H2,1-2H3;3-4H2,1-2H3. The molecule has 0 aliphatic heterocycles. The Balaban J connectivity index is 0.000000861. The first kappa shape index (κ1) is 26.0. The van der Waals surface area contributed by atoms with Crippen LogP contribution in [0.4, 0.5) is 0 Å². The molecule has 2 aromatic carbocycles. The van der Waals surface area contributed by atoms with Gasteiger partial charge in [-0.3, -0.25) is 4.79 Å². The van der Waals surface area contributed by atoms with Gasteiger partial charge in [-0.25, -0.2) is 9.59 Å². The number of esters is 2. The summed E-state index contributed by atoms with van der Waals surface area (Å²) in [4.78, 5) is 37.4. The van der Waals surface area contributed by atoms with Crippen molar-refractivity contribution in [3.05, 3.63) is 70.8 Å². The summed E-state index contributed by atoms with van der Waals surface area (Å²) in [6.07, 6.45) is -1.47. The molecule has 1 atom stereocenters. The highest BCUT2D eigenvalue weighted by atomic mass is 16.5. The molecule has 7 heteroatoms. The smallest absolute Gasteiger partial charge is 0.339 e. The number of carbonyl (C=O) groups is 3. The Hall–Kier alpha value is -3.03. The summed E-state index contributed by atoms with van der Waals surface area (Å²) >= 11 is 0. The lowest BCUT2D eigenvalue weighted by Crippen LogP contribution is -2.21. The number of aliphatic hydroxyl groups is 1. The molecule has 0 saturated heterocycles. The molecule has 0 bridgehead atoms. The van der Waals surface area contributed by atoms with E-state index in [2.05, 4.69) is 0 Å². The first-order valence-corrected chi connectivity index (χ1v) is 10.2. The van der Waals surface area contributed by atoms with Gasteiger partial charge in [0.1, 0.15) is 6.10 Å². The zero-order chi connectivity index (χ0) is 23.2. The summed E-state index contributed by atoms with van der Waals surface area (Å²) in [5.74, 6) is -2.26. The molecule has 0 radical (unpaired) electrons. The fourth-order valence-electron chi connectivity index (χ4n) is 2.70. The molecule has 0 aliphatic rings. The van der Waals surface area contributed by atoms with E-state index < -0.39 is 23.8 Å². The van der Waals surface area contributed by atoms with Crippen LogP contribution in [0.3, 0.4) is 0 Å². The Bertz CT molecular complexity index is 844. The van der Waals surface area contributed by atoms with Crippen molar-refractivity contribution in [3.63, 3.8) is 0 Å². The van der Waals surface area contributed by atoms with Gasteiger partial charge in [0, 0.05) is 18.8 Å². The molecular formula is C24H30O7. The van der Waals surface area contributed by atoms with Crippen molar-refractivity contribution in [1.29, 1.82) is 0 Å². The third kappa shape index (κ3) is 7.62. The van der Waals surface area contributed by atoms with E-state index >= 15 is 0 Å². The van der Waals surface area contributed by atoms with Gasteiger partial charge in [0.25, 0.3) is 0 Å². The first-order valence-electron chi connectivity index (χ1n) is 10.2. The zero-order valence-electron chi connectivity index (χ0n) is 18.4. The molecule has 0 aromatic heterocycles. The number of rotatable bonds is 9. The van der Waals surface area contributed by atoms with Gasteiger partial charge in [0.2, 0.25) is 0 Å². The van der Waals surface area contributed by atoms with Crippen LogP contribution in [0.15, 0.2) is 48.5 Å². The summed E-state index contributed by atoms with van der Waals surface area (Å²) in [6, 6.07) is 12.6. The van der Waals surface area contributed by atoms with Gasteiger partial charge in [-0.15, -0.1) is 0 Å². The quantitative estimate of drug-likeness (QED) is 0.474. The predicted molar refractivity (Wildman–Crippen MR) is 116 cm³/mol. The van der Waals surface area contributed by atoms with Crippen LogP contribution < -0.4 is 0 Å². The van der Waals surface area contributed by atoms with Gasteiger partial charge in [-0.2, -0.15) is 0 Å². The third-order valence-corrected chi connectivity index (χ3v) is 4.08. The van der Waals surface area contributed by atoms with Crippen LogP contribution in [0, 0.1) is 0 Å². The number of benzene rings is 2. The van der Waals surface area contributed by atoms with Crippen LogP contribution in [-0.4, -0.2) is 49.3 Å². The number of carbonyl (C=O) groups excluding carboxylic acids is 3. The molecule has 2 rings (SSSR count). The summed E-state index contributed by atoms with van der Waals surface area (Å²) < 4.78 is 14.8. The first-order chi connectivity index (χ1) is 14.9. The largest absolute Gasteiger partial charge is 0.462 e. The number of hydrogen-bond donors (Lipinski definition) is 1. The second-order valence-electron chi connectivity index (χ2n) is 6.13. The molecule has 0 saturated carbocycles. The minimum Gasteiger partial charge on any atom is -0.462 e. The maximum atomic E-state index is 12.8. The summed E-state index contributed by atoms with van der Waals surface area (Å²) in [7, 11) is 0. The number of Topliss-reactive ketones (excluding diaryl/α,β-unsaturated/α-hetero) is 1. The lowest BCUT2D eigenvalue weighted by molar-refractivity contribution is 0.0475. The number of aliphatic hydroxyl groups excluding tert-OH is 1. The van der Waals surface area contributed by atoms with Crippen molar-refractivity contribution in [2.75, 3.05) is 26.4 Å². The average Bonchev–Trinajstić information content (AvgIpc) is 2.79. The lowest BCUT2D eigenvalue weighted by Gasteiger charge is -2.15. The van der Waals surface area contributed by atoms with Gasteiger partial charge in [0.05, 0.1) is 24.3 Å². The molecule has 0 fully saturated rings. The maximum Gasteiger partial charge on any atom is 0.339 e. The Morgan fingerprint density at radius 1 is 0.742 bits per heavy atom. The summed E-state index contributed by atoms with van der Waals surface area (Å²) in [6.45, 7) is 9.11. The van der Waals surface area contributed by atoms with Crippen molar-refractivity contribution < 1.29 is 33.7 Å². The minimum absolute atomic E-state index is 0.0728. The van der Waals surface area contributed by atoms with E-state index in [-0.39, 0.29) is 29.9 Å². The van der Waals surface area contributed by atoms with E-state index in [9.17, 15) is 19.5 Å². The molecule has 0 heterocycles. The van der Waals surface area contributed by atoms with Crippen LogP contribution in [0.2, 0.25) is 0 Å². The van der Waals surface area contributed by atoms with Crippen molar-refractivity contribution in [2.45, 2.75) is 33.8 Å². The van der Waals surface area contributed by atoms with Gasteiger partial charge < -0.3 is 19.3 Å². The number of ether oxygens (including phenoxy) is 3. The summed E-state index contributed by atoms with van der Waals surface area (Å²) in [5, 5.41) is 10.4. The monoisotopic (exact) mass is 430 g/mol. The molecule has 1 unspecified atom stereocenters. The van der Waals surface area contributed by atoms with Crippen LogP contribution >= 0.6 is 0 Å². The zero-order valence-corrected chi connectivity index (χ0v) is 18.4. The second kappa shape index (κ2) is 14.1. The van der Waals surface area contributed by atoms with E-state index in [1.165, 1.54) is 18.2 Å². The second-order valence-corrected chi connectivity index (χ2v) is 6.13. The Labute approximate surface area is 182 Å². The van der Waals surface area contributed by atoms with Gasteiger partial charge in [-0.05, 0) is 39.3 Å². The van der Waals surface area contributed by atoms with Gasteiger partial charge in [0.15, 0.2) is 5.78 Å². The molecule has 7 nitrogen and oxygen atoms in total. The highest BCUT2D eigenvalue weighted by Gasteiger charge is 2.29. The van der Waals surface area contributed by atoms with Crippen molar-refractivity contribution in [2.24, 2.45) is 0 Å². The SMILES string of the molecule is CCOC(=O)c1cccc(C(=O)C(O)c2ccccc2)c1C(=O)OCC.CCOCC. The topological polar surface area (TPSA) is 99.1 Å². The summed E-state index contributed by atoms with van der Waals surface area (Å²) in [5.41, 5.74) is 0.0170. The Morgan fingerprint density at radius 2 is 1.29 bits per heavy atom. The lowest BCUT2D eigenvalue weighted by atomic mass is 9.93. The van der Waals surface area contributed by atoms with E-state index in [0.29, 0.717) is 5.56 Å². The van der Waals surface area contributed by atoms with E-state index in [1.54, 1.807) is 44.2 Å². The van der Waals surface area contributed by atoms with E-state index in [1.807, 2.05) is 13.8 Å². The average molecular weight is 430 g/mol. The minimum atomic E-state index is -1.47. The molecule has 0 amide bonds. The molecule has 1 N–H and O–H groups in total. The molecule has 0 spiro atoms. The van der Waals surface area contributed by atoms with Crippen LogP contribution in [0.1, 0.15) is 70.4 Å². The highest BCUT2D eigenvalue weighted by Crippen LogP contribution is 2.24. The maximum absolute atomic E-state index is 12.8. The fourth-order valence-corrected chi connectivity index (χ4v) is 2.70. The number of hydrogen-bond acceptors (Lipinski definition) is 7. The molecule has 168 valence electrons. The van der Waals surface area contributed by atoms with Crippen LogP contribution in [0.25, 0.3) is 0 Å². The van der Waals surface area contributed by atoms with E-state index in [4.69, 9.17) is 14.2 Å². The van der Waals surface area contributed by atoms with Crippen molar-refractivity contribution in [3.8, 4) is 0 Å². The van der Waals surface area contributed by atoms with Gasteiger partial charge in [-0.1, -0.05) is 42.5 Å². The third-order valence-electron chi connectivity index (χ3n) is 4.08. The molecular weight excluding hydrogens is 400 g/mol. The normalized spacial score (nSPS) is 11.0. The molecule has 31 heavy (non-hydrogen) atoms. The molecule has 2 aromatic rings. The van der Waals surface area contributed by atoms with Crippen LogP contribution in [-0.2, 0) is 14.2 Å². The van der Waals surface area contributed by atoms with Crippen molar-refractivity contribution in [1.82, 2.24) is 0 Å².